The van der Waals surface area contributed by atoms with Crippen LogP contribution in [0.3, 0.4) is 0 Å². The van der Waals surface area contributed by atoms with Crippen molar-refractivity contribution in [3.63, 3.8) is 0 Å². The summed E-state index contributed by atoms with van der Waals surface area (Å²) >= 11 is 0. The first-order valence-corrected chi connectivity index (χ1v) is 13.2. The van der Waals surface area contributed by atoms with Crippen LogP contribution in [0.2, 0.25) is 0 Å². The number of rotatable bonds is 5. The lowest BCUT2D eigenvalue weighted by Gasteiger charge is -2.56. The number of nitro groups is 1. The van der Waals surface area contributed by atoms with Crippen LogP contribution in [0.15, 0.2) is 42.5 Å². The van der Waals surface area contributed by atoms with Crippen molar-refractivity contribution >= 4 is 23.2 Å². The highest BCUT2D eigenvalue weighted by Gasteiger charge is 2.51. The van der Waals surface area contributed by atoms with Crippen LogP contribution in [0, 0.1) is 33.7 Å². The number of hydrogen-bond acceptors (Lipinski definition) is 5. The molecule has 5 aliphatic rings. The van der Waals surface area contributed by atoms with Gasteiger partial charge in [0.2, 0.25) is 0 Å². The average Bonchev–Trinajstić information content (AvgIpc) is 2.87. The maximum Gasteiger partial charge on any atom is 0.293 e. The predicted octanol–water partition coefficient (Wildman–Crippen LogP) is 4.39. The molecule has 2 aromatic rings. The molecule has 8 nitrogen and oxygen atoms in total. The minimum Gasteiger partial charge on any atom is -0.362 e. The molecule has 0 unspecified atom stereocenters. The second-order valence-electron chi connectivity index (χ2n) is 11.4. The number of anilines is 1. The van der Waals surface area contributed by atoms with E-state index in [1.165, 1.54) is 49.6 Å². The quantitative estimate of drug-likeness (QED) is 0.479. The zero-order valence-corrected chi connectivity index (χ0v) is 20.7. The zero-order valence-electron chi connectivity index (χ0n) is 20.7. The lowest BCUT2D eigenvalue weighted by Crippen LogP contribution is -2.59. The molecular weight excluding hydrogens is 475 g/mol. The normalized spacial score (nSPS) is 28.3. The molecule has 194 valence electrons. The Kier molecular flexibility index (Phi) is 5.88. The molecule has 37 heavy (non-hydrogen) atoms. The van der Waals surface area contributed by atoms with E-state index in [0.29, 0.717) is 60.7 Å². The molecule has 0 aromatic heterocycles. The molecule has 1 saturated heterocycles. The highest BCUT2D eigenvalue weighted by atomic mass is 19.1. The van der Waals surface area contributed by atoms with E-state index >= 15 is 0 Å². The monoisotopic (exact) mass is 506 g/mol. The Hall–Kier alpha value is -3.49. The van der Waals surface area contributed by atoms with E-state index in [1.807, 2.05) is 4.90 Å². The van der Waals surface area contributed by atoms with E-state index in [0.717, 1.165) is 19.3 Å². The SMILES string of the molecule is O=C(NC12CC3CC(CC(C3)C1)C2)c1ccc(N2CCN(C(=O)c3ccc(F)cc3)CC2)c([N+](=O)[O-])c1. The lowest BCUT2D eigenvalue weighted by molar-refractivity contribution is -0.384. The van der Waals surface area contributed by atoms with Crippen LogP contribution in [0.4, 0.5) is 15.8 Å². The van der Waals surface area contributed by atoms with E-state index in [1.54, 1.807) is 17.0 Å². The van der Waals surface area contributed by atoms with Crippen molar-refractivity contribution in [2.24, 2.45) is 17.8 Å². The van der Waals surface area contributed by atoms with Gasteiger partial charge in [0.25, 0.3) is 17.5 Å². The van der Waals surface area contributed by atoms with E-state index in [2.05, 4.69) is 5.32 Å². The van der Waals surface area contributed by atoms with E-state index in [-0.39, 0.29) is 23.0 Å². The Morgan fingerprint density at radius 2 is 1.46 bits per heavy atom. The van der Waals surface area contributed by atoms with Gasteiger partial charge in [-0.3, -0.25) is 19.7 Å². The van der Waals surface area contributed by atoms with Crippen molar-refractivity contribution in [2.45, 2.75) is 44.1 Å². The molecule has 7 rings (SSSR count). The average molecular weight is 507 g/mol. The van der Waals surface area contributed by atoms with Gasteiger partial charge in [-0.15, -0.1) is 0 Å². The summed E-state index contributed by atoms with van der Waals surface area (Å²) in [7, 11) is 0. The van der Waals surface area contributed by atoms with Gasteiger partial charge in [-0.05, 0) is 92.7 Å². The predicted molar refractivity (Wildman–Crippen MR) is 136 cm³/mol. The lowest BCUT2D eigenvalue weighted by atomic mass is 9.53. The van der Waals surface area contributed by atoms with Gasteiger partial charge >= 0.3 is 0 Å². The molecule has 2 amide bonds. The topological polar surface area (TPSA) is 95.8 Å². The maximum atomic E-state index is 13.3. The number of piperazine rings is 1. The molecule has 4 saturated carbocycles. The van der Waals surface area contributed by atoms with Crippen molar-refractivity contribution < 1.29 is 18.9 Å². The fourth-order valence-electron chi connectivity index (χ4n) is 7.58. The third-order valence-electron chi connectivity index (χ3n) is 8.85. The van der Waals surface area contributed by atoms with Gasteiger partial charge in [0.05, 0.1) is 4.92 Å². The second-order valence-corrected chi connectivity index (χ2v) is 11.4. The van der Waals surface area contributed by atoms with Crippen LogP contribution in [0.25, 0.3) is 0 Å². The Morgan fingerprint density at radius 3 is 2.03 bits per heavy atom. The molecule has 0 radical (unpaired) electrons. The number of nitrogens with zero attached hydrogens (tertiary/aromatic N) is 3. The summed E-state index contributed by atoms with van der Waals surface area (Å²) in [4.78, 5) is 41.1. The minimum atomic E-state index is -0.438. The highest BCUT2D eigenvalue weighted by Crippen LogP contribution is 2.55. The van der Waals surface area contributed by atoms with E-state index in [4.69, 9.17) is 0 Å². The Bertz CT molecular complexity index is 1200. The smallest absolute Gasteiger partial charge is 0.293 e. The van der Waals surface area contributed by atoms with Gasteiger partial charge in [0, 0.05) is 48.9 Å². The van der Waals surface area contributed by atoms with Gasteiger partial charge in [0.15, 0.2) is 0 Å². The van der Waals surface area contributed by atoms with Crippen LogP contribution in [-0.4, -0.2) is 53.4 Å². The fraction of sp³-hybridized carbons (Fsp3) is 0.500. The van der Waals surface area contributed by atoms with Crippen molar-refractivity contribution in [1.29, 1.82) is 0 Å². The molecule has 1 aliphatic heterocycles. The molecule has 0 spiro atoms. The minimum absolute atomic E-state index is 0.100. The molecule has 5 fully saturated rings. The number of nitro benzene ring substituents is 1. The van der Waals surface area contributed by atoms with E-state index < -0.39 is 10.7 Å². The van der Waals surface area contributed by atoms with Gasteiger partial charge < -0.3 is 15.1 Å². The van der Waals surface area contributed by atoms with Crippen molar-refractivity contribution in [3.05, 3.63) is 69.5 Å². The molecule has 0 atom stereocenters. The molecule has 2 aromatic carbocycles. The molecule has 1 heterocycles. The molecule has 9 heteroatoms. The van der Waals surface area contributed by atoms with Crippen LogP contribution < -0.4 is 10.2 Å². The summed E-state index contributed by atoms with van der Waals surface area (Å²) in [5.74, 6) is 1.26. The Balaban J connectivity index is 1.14. The summed E-state index contributed by atoms with van der Waals surface area (Å²) in [6.45, 7) is 1.63. The highest BCUT2D eigenvalue weighted by molar-refractivity contribution is 5.96. The maximum absolute atomic E-state index is 13.3. The Morgan fingerprint density at radius 1 is 0.892 bits per heavy atom. The number of carbonyl (C=O) groups excluding carboxylic acids is 2. The van der Waals surface area contributed by atoms with Crippen molar-refractivity contribution in [3.8, 4) is 0 Å². The zero-order chi connectivity index (χ0) is 25.7. The first kappa shape index (κ1) is 23.9. The first-order chi connectivity index (χ1) is 17.8. The molecular formula is C28H31FN4O4. The number of carbonyl (C=O) groups is 2. The number of benzene rings is 2. The third kappa shape index (κ3) is 4.55. The van der Waals surface area contributed by atoms with Crippen molar-refractivity contribution in [1.82, 2.24) is 10.2 Å². The van der Waals surface area contributed by atoms with Crippen LogP contribution in [0.1, 0.15) is 59.2 Å². The second kappa shape index (κ2) is 9.11. The summed E-state index contributed by atoms with van der Waals surface area (Å²) in [5.41, 5.74) is 0.917. The molecule has 1 N–H and O–H groups in total. The first-order valence-electron chi connectivity index (χ1n) is 13.2. The summed E-state index contributed by atoms with van der Waals surface area (Å²) in [6.07, 6.45) is 6.89. The van der Waals surface area contributed by atoms with Crippen LogP contribution >= 0.6 is 0 Å². The van der Waals surface area contributed by atoms with E-state index in [9.17, 15) is 24.1 Å². The number of nitrogens with one attached hydrogen (secondary N) is 1. The number of hydrogen-bond donors (Lipinski definition) is 1. The summed E-state index contributed by atoms with van der Waals surface area (Å²) in [5, 5.41) is 15.3. The largest absolute Gasteiger partial charge is 0.362 e. The van der Waals surface area contributed by atoms with Crippen LogP contribution in [0.5, 0.6) is 0 Å². The van der Waals surface area contributed by atoms with Crippen LogP contribution in [-0.2, 0) is 0 Å². The Labute approximate surface area is 215 Å². The molecule has 4 bridgehead atoms. The number of amides is 2. The van der Waals surface area contributed by atoms with Gasteiger partial charge in [-0.25, -0.2) is 4.39 Å². The standard InChI is InChI=1S/C28H31FN4O4/c29-23-4-1-21(2-5-23)27(35)32-9-7-31(8-10-32)24-6-3-22(14-25(24)33(36)37)26(34)30-28-15-18-11-19(16-28)13-20(12-18)17-28/h1-6,14,18-20H,7-13,15-17H2,(H,30,34). The number of halogens is 1. The van der Waals surface area contributed by atoms with Gasteiger partial charge in [-0.1, -0.05) is 0 Å². The molecule has 4 aliphatic carbocycles. The summed E-state index contributed by atoms with van der Waals surface area (Å²) in [6, 6.07) is 10.2. The van der Waals surface area contributed by atoms with Crippen molar-refractivity contribution in [2.75, 3.05) is 31.1 Å². The van der Waals surface area contributed by atoms with Gasteiger partial charge in [-0.2, -0.15) is 0 Å². The summed E-state index contributed by atoms with van der Waals surface area (Å²) < 4.78 is 13.2. The third-order valence-corrected chi connectivity index (χ3v) is 8.85. The fourth-order valence-corrected chi connectivity index (χ4v) is 7.58. The van der Waals surface area contributed by atoms with Gasteiger partial charge in [0.1, 0.15) is 11.5 Å².